The quantitative estimate of drug-likeness (QED) is 0.694. The molecule has 140 valence electrons. The molecule has 3 heterocycles. The van der Waals surface area contributed by atoms with Crippen molar-refractivity contribution in [1.82, 2.24) is 24.4 Å². The number of para-hydroxylation sites is 2. The fourth-order valence-electron chi connectivity index (χ4n) is 3.30. The fourth-order valence-corrected chi connectivity index (χ4v) is 3.30. The second-order valence-corrected chi connectivity index (χ2v) is 6.90. The molecule has 1 saturated heterocycles. The van der Waals surface area contributed by atoms with Gasteiger partial charge in [-0.05, 0) is 12.1 Å². The molecular formula is C19H23N7O. The maximum Gasteiger partial charge on any atom is 0.241 e. The maximum atomic E-state index is 12.0. The van der Waals surface area contributed by atoms with Gasteiger partial charge in [0.2, 0.25) is 5.91 Å². The molecule has 0 N–H and O–H groups in total. The number of carbonyl (C=O) groups is 1. The van der Waals surface area contributed by atoms with Gasteiger partial charge in [0.15, 0.2) is 0 Å². The zero-order valence-corrected chi connectivity index (χ0v) is 15.8. The van der Waals surface area contributed by atoms with E-state index in [1.807, 2.05) is 55.2 Å². The summed E-state index contributed by atoms with van der Waals surface area (Å²) in [6.07, 6.45) is 1.55. The van der Waals surface area contributed by atoms with Crippen LogP contribution in [0, 0.1) is 0 Å². The molecule has 2 aromatic heterocycles. The average Bonchev–Trinajstić information content (AvgIpc) is 3.00. The number of likely N-dealkylation sites (N-methyl/N-ethyl adjacent to an activating group) is 1. The van der Waals surface area contributed by atoms with Gasteiger partial charge >= 0.3 is 0 Å². The highest BCUT2D eigenvalue weighted by atomic mass is 16.2. The van der Waals surface area contributed by atoms with Crippen LogP contribution in [0.2, 0.25) is 0 Å². The van der Waals surface area contributed by atoms with Gasteiger partial charge in [0.1, 0.15) is 23.8 Å². The topological polar surface area (TPSA) is 70.4 Å². The molecule has 0 unspecified atom stereocenters. The second-order valence-electron chi connectivity index (χ2n) is 6.90. The predicted molar refractivity (Wildman–Crippen MR) is 105 cm³/mol. The SMILES string of the molecule is CN1CCN(c2cc(N(C)Cc3nc4ccccc4n3C)ncn2)CC1=O. The predicted octanol–water partition coefficient (Wildman–Crippen LogP) is 1.28. The molecule has 8 heteroatoms. The number of imidazole rings is 1. The van der Waals surface area contributed by atoms with E-state index < -0.39 is 0 Å². The highest BCUT2D eigenvalue weighted by Crippen LogP contribution is 2.21. The lowest BCUT2D eigenvalue weighted by molar-refractivity contribution is -0.129. The highest BCUT2D eigenvalue weighted by Gasteiger charge is 2.22. The molecule has 0 spiro atoms. The third-order valence-electron chi connectivity index (χ3n) is 5.07. The van der Waals surface area contributed by atoms with Gasteiger partial charge in [-0.3, -0.25) is 4.79 Å². The number of rotatable bonds is 4. The van der Waals surface area contributed by atoms with E-state index in [4.69, 9.17) is 4.98 Å². The van der Waals surface area contributed by atoms with E-state index in [2.05, 4.69) is 20.6 Å². The Bertz CT molecular complexity index is 983. The number of amides is 1. The molecule has 8 nitrogen and oxygen atoms in total. The number of aryl methyl sites for hydroxylation is 1. The number of hydrogen-bond acceptors (Lipinski definition) is 6. The monoisotopic (exact) mass is 365 g/mol. The normalized spacial score (nSPS) is 14.9. The Hall–Kier alpha value is -3.16. The lowest BCUT2D eigenvalue weighted by Crippen LogP contribution is -2.48. The average molecular weight is 365 g/mol. The Morgan fingerprint density at radius 3 is 2.74 bits per heavy atom. The third-order valence-corrected chi connectivity index (χ3v) is 5.07. The number of benzene rings is 1. The summed E-state index contributed by atoms with van der Waals surface area (Å²) in [5, 5.41) is 0. The van der Waals surface area contributed by atoms with E-state index in [1.165, 1.54) is 0 Å². The van der Waals surface area contributed by atoms with Crippen LogP contribution in [-0.2, 0) is 18.4 Å². The Balaban J connectivity index is 1.54. The number of carbonyl (C=O) groups excluding carboxylic acids is 1. The van der Waals surface area contributed by atoms with Gasteiger partial charge in [-0.1, -0.05) is 12.1 Å². The van der Waals surface area contributed by atoms with E-state index in [9.17, 15) is 4.79 Å². The summed E-state index contributed by atoms with van der Waals surface area (Å²) in [6.45, 7) is 2.45. The minimum Gasteiger partial charge on any atom is -0.352 e. The first-order chi connectivity index (χ1) is 13.0. The molecule has 0 aliphatic carbocycles. The largest absolute Gasteiger partial charge is 0.352 e. The molecule has 1 amide bonds. The summed E-state index contributed by atoms with van der Waals surface area (Å²) in [5.74, 6) is 2.65. The molecule has 1 aromatic carbocycles. The number of fused-ring (bicyclic) bond motifs is 1. The standard InChI is InChI=1S/C19H23N7O/c1-23-8-9-26(12-19(23)27)17-10-16(20-13-21-17)24(2)11-18-22-14-6-4-5-7-15(14)25(18)3/h4-7,10,13H,8-9,11-12H2,1-3H3. The van der Waals surface area contributed by atoms with Gasteiger partial charge in [-0.2, -0.15) is 0 Å². The summed E-state index contributed by atoms with van der Waals surface area (Å²) in [7, 11) is 5.84. The molecule has 1 fully saturated rings. The molecule has 1 aliphatic rings. The van der Waals surface area contributed by atoms with Crippen molar-refractivity contribution in [3.05, 3.63) is 42.5 Å². The van der Waals surface area contributed by atoms with E-state index in [0.29, 0.717) is 19.6 Å². The van der Waals surface area contributed by atoms with Crippen molar-refractivity contribution in [2.24, 2.45) is 7.05 Å². The molecular weight excluding hydrogens is 342 g/mol. The van der Waals surface area contributed by atoms with E-state index in [-0.39, 0.29) is 5.91 Å². The van der Waals surface area contributed by atoms with Crippen LogP contribution in [0.15, 0.2) is 36.7 Å². The summed E-state index contributed by atoms with van der Waals surface area (Å²) in [6, 6.07) is 10.0. The maximum absolute atomic E-state index is 12.0. The van der Waals surface area contributed by atoms with Crippen molar-refractivity contribution in [3.63, 3.8) is 0 Å². The smallest absolute Gasteiger partial charge is 0.241 e. The Kier molecular flexibility index (Phi) is 4.39. The molecule has 4 rings (SSSR count). The number of piperazine rings is 1. The van der Waals surface area contributed by atoms with E-state index in [1.54, 1.807) is 11.2 Å². The van der Waals surface area contributed by atoms with E-state index >= 15 is 0 Å². The number of aromatic nitrogens is 4. The van der Waals surface area contributed by atoms with Crippen molar-refractivity contribution in [2.75, 3.05) is 43.5 Å². The van der Waals surface area contributed by atoms with Crippen LogP contribution in [0.25, 0.3) is 11.0 Å². The van der Waals surface area contributed by atoms with E-state index in [0.717, 1.165) is 35.0 Å². The first kappa shape index (κ1) is 17.3. The zero-order valence-electron chi connectivity index (χ0n) is 15.8. The van der Waals surface area contributed by atoms with Gasteiger partial charge in [-0.15, -0.1) is 0 Å². The van der Waals surface area contributed by atoms with Crippen LogP contribution in [-0.4, -0.2) is 64.1 Å². The van der Waals surface area contributed by atoms with Gasteiger partial charge < -0.3 is 19.3 Å². The van der Waals surface area contributed by atoms with Crippen molar-refractivity contribution in [1.29, 1.82) is 0 Å². The summed E-state index contributed by atoms with van der Waals surface area (Å²) >= 11 is 0. The molecule has 1 aliphatic heterocycles. The first-order valence-corrected chi connectivity index (χ1v) is 8.95. The fraction of sp³-hybridized carbons (Fsp3) is 0.368. The van der Waals surface area contributed by atoms with Crippen molar-refractivity contribution in [3.8, 4) is 0 Å². The number of nitrogens with zero attached hydrogens (tertiary/aromatic N) is 7. The van der Waals surface area contributed by atoms with Gasteiger partial charge in [0.25, 0.3) is 0 Å². The van der Waals surface area contributed by atoms with Crippen LogP contribution in [0.4, 0.5) is 11.6 Å². The van der Waals surface area contributed by atoms with Crippen molar-refractivity contribution >= 4 is 28.6 Å². The molecule has 27 heavy (non-hydrogen) atoms. The first-order valence-electron chi connectivity index (χ1n) is 8.95. The Labute approximate surface area is 158 Å². The van der Waals surface area contributed by atoms with Crippen LogP contribution >= 0.6 is 0 Å². The minimum atomic E-state index is 0.106. The van der Waals surface area contributed by atoms with Crippen LogP contribution in [0.3, 0.4) is 0 Å². The zero-order chi connectivity index (χ0) is 19.0. The third kappa shape index (κ3) is 3.30. The lowest BCUT2D eigenvalue weighted by atomic mass is 10.3. The Morgan fingerprint density at radius 1 is 1.15 bits per heavy atom. The Morgan fingerprint density at radius 2 is 1.96 bits per heavy atom. The van der Waals surface area contributed by atoms with Crippen molar-refractivity contribution in [2.45, 2.75) is 6.54 Å². The minimum absolute atomic E-state index is 0.106. The lowest BCUT2D eigenvalue weighted by Gasteiger charge is -2.33. The van der Waals surface area contributed by atoms with Crippen LogP contribution < -0.4 is 9.80 Å². The summed E-state index contributed by atoms with van der Waals surface area (Å²) in [5.41, 5.74) is 2.10. The highest BCUT2D eigenvalue weighted by molar-refractivity contribution is 5.82. The van der Waals surface area contributed by atoms with Gasteiger partial charge in [-0.25, -0.2) is 15.0 Å². The van der Waals surface area contributed by atoms with Crippen LogP contribution in [0.5, 0.6) is 0 Å². The van der Waals surface area contributed by atoms with Gasteiger partial charge in [0.05, 0.1) is 24.1 Å². The molecule has 3 aromatic rings. The summed E-state index contributed by atoms with van der Waals surface area (Å²) in [4.78, 5) is 31.3. The number of hydrogen-bond donors (Lipinski definition) is 0. The molecule has 0 bridgehead atoms. The summed E-state index contributed by atoms with van der Waals surface area (Å²) < 4.78 is 2.10. The van der Waals surface area contributed by atoms with Crippen molar-refractivity contribution < 1.29 is 4.79 Å². The molecule has 0 radical (unpaired) electrons. The van der Waals surface area contributed by atoms with Crippen LogP contribution in [0.1, 0.15) is 5.82 Å². The number of anilines is 2. The second kappa shape index (κ2) is 6.86. The van der Waals surface area contributed by atoms with Gasteiger partial charge in [0, 0.05) is 40.3 Å². The molecule has 0 atom stereocenters. The molecule has 0 saturated carbocycles.